The molecule has 0 aliphatic heterocycles. The van der Waals surface area contributed by atoms with Crippen LogP contribution < -0.4 is 4.90 Å². The second-order valence-electron chi connectivity index (χ2n) is 6.03. The van der Waals surface area contributed by atoms with Crippen LogP contribution in [0.15, 0.2) is 107 Å². The van der Waals surface area contributed by atoms with E-state index in [0.717, 1.165) is 39.9 Å². The van der Waals surface area contributed by atoms with Crippen LogP contribution >= 0.6 is 0 Å². The van der Waals surface area contributed by atoms with E-state index in [1.165, 1.54) is 0 Å². The molecule has 0 spiro atoms. The molecule has 4 aromatic carbocycles. The van der Waals surface area contributed by atoms with E-state index in [1.54, 1.807) is 4.90 Å². The Morgan fingerprint density at radius 2 is 1.30 bits per heavy atom. The average molecular weight is 351 g/mol. The van der Waals surface area contributed by atoms with Gasteiger partial charge in [0.2, 0.25) is 6.41 Å². The van der Waals surface area contributed by atoms with Crippen LogP contribution in [0.1, 0.15) is 0 Å². The Hall–Kier alpha value is -3.79. The van der Waals surface area contributed by atoms with Crippen LogP contribution in [0.3, 0.4) is 0 Å². The number of amides is 1. The van der Waals surface area contributed by atoms with Crippen molar-refractivity contribution in [2.45, 2.75) is 0 Å². The van der Waals surface area contributed by atoms with Gasteiger partial charge in [0.05, 0.1) is 11.4 Å². The standard InChI is InChI=1S/C23H17N3O/c27-17-26(20-9-2-1-3-10-20)21-15-13-19(14-16-21)24-25-23-12-6-8-18-7-4-5-11-22(18)23/h1-17H. The molecular formula is C23H17N3O. The normalized spacial score (nSPS) is 11.0. The van der Waals surface area contributed by atoms with Gasteiger partial charge in [-0.2, -0.15) is 5.11 Å². The zero-order valence-electron chi connectivity index (χ0n) is 14.6. The van der Waals surface area contributed by atoms with Crippen molar-refractivity contribution in [3.05, 3.63) is 97.1 Å². The summed E-state index contributed by atoms with van der Waals surface area (Å²) in [6.45, 7) is 0. The van der Waals surface area contributed by atoms with E-state index in [-0.39, 0.29) is 0 Å². The molecule has 0 aliphatic carbocycles. The van der Waals surface area contributed by atoms with Crippen molar-refractivity contribution in [3.63, 3.8) is 0 Å². The quantitative estimate of drug-likeness (QED) is 0.297. The molecule has 0 aromatic heterocycles. The van der Waals surface area contributed by atoms with Crippen LogP contribution in [0.25, 0.3) is 10.8 Å². The average Bonchev–Trinajstić information content (AvgIpc) is 2.74. The fraction of sp³-hybridized carbons (Fsp3) is 0. The van der Waals surface area contributed by atoms with E-state index < -0.39 is 0 Å². The third-order valence-electron chi connectivity index (χ3n) is 4.31. The van der Waals surface area contributed by atoms with Gasteiger partial charge in [-0.25, -0.2) is 0 Å². The largest absolute Gasteiger partial charge is 0.284 e. The van der Waals surface area contributed by atoms with Gasteiger partial charge in [0, 0.05) is 16.8 Å². The lowest BCUT2D eigenvalue weighted by Gasteiger charge is -2.17. The molecule has 0 saturated carbocycles. The Bertz CT molecular complexity index is 1080. The highest BCUT2D eigenvalue weighted by Crippen LogP contribution is 2.29. The fourth-order valence-corrected chi connectivity index (χ4v) is 2.95. The number of anilines is 2. The summed E-state index contributed by atoms with van der Waals surface area (Å²) in [6.07, 6.45) is 0.808. The molecule has 4 rings (SSSR count). The van der Waals surface area contributed by atoms with Gasteiger partial charge in [-0.15, -0.1) is 5.11 Å². The van der Waals surface area contributed by atoms with Crippen molar-refractivity contribution in [1.82, 2.24) is 0 Å². The zero-order valence-corrected chi connectivity index (χ0v) is 14.6. The van der Waals surface area contributed by atoms with Gasteiger partial charge in [0.1, 0.15) is 0 Å². The Balaban J connectivity index is 1.59. The zero-order chi connectivity index (χ0) is 18.5. The predicted molar refractivity (Wildman–Crippen MR) is 109 cm³/mol. The number of benzene rings is 4. The monoisotopic (exact) mass is 351 g/mol. The lowest BCUT2D eigenvalue weighted by Crippen LogP contribution is -2.13. The van der Waals surface area contributed by atoms with Gasteiger partial charge >= 0.3 is 0 Å². The van der Waals surface area contributed by atoms with Crippen LogP contribution in [0.5, 0.6) is 0 Å². The molecule has 4 aromatic rings. The molecular weight excluding hydrogens is 334 g/mol. The molecule has 0 bridgehead atoms. The van der Waals surface area contributed by atoms with Gasteiger partial charge in [-0.05, 0) is 47.9 Å². The Morgan fingerprint density at radius 1 is 0.630 bits per heavy atom. The molecule has 1 amide bonds. The lowest BCUT2D eigenvalue weighted by atomic mass is 10.1. The number of fused-ring (bicyclic) bond motifs is 1. The summed E-state index contributed by atoms with van der Waals surface area (Å²) in [4.78, 5) is 13.1. The van der Waals surface area contributed by atoms with E-state index in [1.807, 2.05) is 84.9 Å². The van der Waals surface area contributed by atoms with Crippen molar-refractivity contribution in [2.24, 2.45) is 10.2 Å². The maximum atomic E-state index is 11.5. The summed E-state index contributed by atoms with van der Waals surface area (Å²) < 4.78 is 0. The SMILES string of the molecule is O=CN(c1ccccc1)c1ccc(N=Nc2cccc3ccccc23)cc1. The first kappa shape index (κ1) is 16.7. The van der Waals surface area contributed by atoms with Gasteiger partial charge in [0.15, 0.2) is 0 Å². The van der Waals surface area contributed by atoms with Crippen LogP contribution in [-0.2, 0) is 4.79 Å². The third-order valence-corrected chi connectivity index (χ3v) is 4.31. The summed E-state index contributed by atoms with van der Waals surface area (Å²) in [7, 11) is 0. The third kappa shape index (κ3) is 3.60. The molecule has 0 fully saturated rings. The highest BCUT2D eigenvalue weighted by molar-refractivity contribution is 5.92. The Kier molecular flexibility index (Phi) is 4.70. The minimum atomic E-state index is 0.727. The van der Waals surface area contributed by atoms with Crippen molar-refractivity contribution < 1.29 is 4.79 Å². The van der Waals surface area contributed by atoms with Crippen molar-refractivity contribution in [1.29, 1.82) is 0 Å². The molecule has 130 valence electrons. The summed E-state index contributed by atoms with van der Waals surface area (Å²) in [5.74, 6) is 0. The maximum absolute atomic E-state index is 11.5. The fourth-order valence-electron chi connectivity index (χ4n) is 2.95. The van der Waals surface area contributed by atoms with Gasteiger partial charge in [-0.3, -0.25) is 9.69 Å². The van der Waals surface area contributed by atoms with Gasteiger partial charge in [0.25, 0.3) is 0 Å². The number of hydrogen-bond acceptors (Lipinski definition) is 3. The first-order valence-electron chi connectivity index (χ1n) is 8.64. The summed E-state index contributed by atoms with van der Waals surface area (Å²) >= 11 is 0. The number of carbonyl (C=O) groups is 1. The van der Waals surface area contributed by atoms with Gasteiger partial charge in [-0.1, -0.05) is 54.6 Å². The predicted octanol–water partition coefficient (Wildman–Crippen LogP) is 6.55. The highest BCUT2D eigenvalue weighted by Gasteiger charge is 2.07. The first-order chi connectivity index (χ1) is 13.3. The number of carbonyl (C=O) groups excluding carboxylic acids is 1. The maximum Gasteiger partial charge on any atom is 0.218 e. The Labute approximate surface area is 157 Å². The lowest BCUT2D eigenvalue weighted by molar-refractivity contribution is -0.106. The topological polar surface area (TPSA) is 45.0 Å². The summed E-state index contributed by atoms with van der Waals surface area (Å²) in [5.41, 5.74) is 3.15. The minimum Gasteiger partial charge on any atom is -0.284 e. The molecule has 0 aliphatic rings. The van der Waals surface area contributed by atoms with Crippen molar-refractivity contribution in [2.75, 3.05) is 4.90 Å². The molecule has 0 saturated heterocycles. The second-order valence-corrected chi connectivity index (χ2v) is 6.03. The molecule has 0 unspecified atom stereocenters. The molecule has 0 heterocycles. The van der Waals surface area contributed by atoms with Crippen LogP contribution in [0.2, 0.25) is 0 Å². The highest BCUT2D eigenvalue weighted by atomic mass is 16.1. The minimum absolute atomic E-state index is 0.727. The molecule has 27 heavy (non-hydrogen) atoms. The van der Waals surface area contributed by atoms with E-state index in [9.17, 15) is 4.79 Å². The number of hydrogen-bond donors (Lipinski definition) is 0. The van der Waals surface area contributed by atoms with Crippen molar-refractivity contribution >= 4 is 39.9 Å². The number of azo groups is 1. The van der Waals surface area contributed by atoms with E-state index in [2.05, 4.69) is 22.4 Å². The second kappa shape index (κ2) is 7.62. The first-order valence-corrected chi connectivity index (χ1v) is 8.64. The van der Waals surface area contributed by atoms with E-state index in [4.69, 9.17) is 0 Å². The number of rotatable bonds is 5. The number of nitrogens with zero attached hydrogens (tertiary/aromatic N) is 3. The smallest absolute Gasteiger partial charge is 0.218 e. The molecule has 0 radical (unpaired) electrons. The molecule has 4 heteroatoms. The molecule has 0 N–H and O–H groups in total. The van der Waals surface area contributed by atoms with Crippen LogP contribution in [0, 0.1) is 0 Å². The summed E-state index contributed by atoms with van der Waals surface area (Å²) in [6, 6.07) is 31.0. The molecule has 4 nitrogen and oxygen atoms in total. The summed E-state index contributed by atoms with van der Waals surface area (Å²) in [5, 5.41) is 10.9. The molecule has 0 atom stereocenters. The van der Waals surface area contributed by atoms with Crippen LogP contribution in [-0.4, -0.2) is 6.41 Å². The van der Waals surface area contributed by atoms with Crippen molar-refractivity contribution in [3.8, 4) is 0 Å². The van der Waals surface area contributed by atoms with Crippen LogP contribution in [0.4, 0.5) is 22.7 Å². The number of para-hydroxylation sites is 1. The van der Waals surface area contributed by atoms with Gasteiger partial charge < -0.3 is 0 Å². The van der Waals surface area contributed by atoms with E-state index in [0.29, 0.717) is 0 Å². The Morgan fingerprint density at radius 3 is 2.07 bits per heavy atom. The van der Waals surface area contributed by atoms with E-state index >= 15 is 0 Å².